The second-order valence-corrected chi connectivity index (χ2v) is 2.89. The molecule has 0 saturated carbocycles. The quantitative estimate of drug-likeness (QED) is 0.639. The molecule has 14 heavy (non-hydrogen) atoms. The van der Waals surface area contributed by atoms with Gasteiger partial charge in [-0.25, -0.2) is 9.80 Å². The van der Waals surface area contributed by atoms with Crippen molar-refractivity contribution in [2.75, 3.05) is 0 Å². The van der Waals surface area contributed by atoms with Crippen LogP contribution in [0.15, 0.2) is 36.7 Å². The van der Waals surface area contributed by atoms with Gasteiger partial charge < -0.3 is 5.11 Å². The first-order valence-corrected chi connectivity index (χ1v) is 4.07. The molecule has 0 aliphatic carbocycles. The molecule has 0 bridgehead atoms. The van der Waals surface area contributed by atoms with Gasteiger partial charge in [0.1, 0.15) is 0 Å². The van der Waals surface area contributed by atoms with Crippen LogP contribution in [0.4, 0.5) is 0 Å². The maximum absolute atomic E-state index is 11.4. The molecule has 1 N–H and O–H groups in total. The third kappa shape index (κ3) is 1.19. The molecule has 0 radical (unpaired) electrons. The number of amides is 1. The lowest BCUT2D eigenvalue weighted by Crippen LogP contribution is -2.42. The van der Waals surface area contributed by atoms with E-state index in [9.17, 15) is 9.59 Å². The van der Waals surface area contributed by atoms with E-state index >= 15 is 0 Å². The van der Waals surface area contributed by atoms with Gasteiger partial charge in [-0.3, -0.25) is 9.80 Å². The number of nitrogens with zero attached hydrogens (tertiary/aromatic N) is 2. The van der Waals surface area contributed by atoms with Crippen LogP contribution in [-0.4, -0.2) is 33.0 Å². The number of hydrazine groups is 1. The Morgan fingerprint density at radius 1 is 1.36 bits per heavy atom. The van der Waals surface area contributed by atoms with E-state index in [2.05, 4.69) is 0 Å². The van der Waals surface area contributed by atoms with Crippen LogP contribution in [0.3, 0.4) is 0 Å². The van der Waals surface area contributed by atoms with E-state index < -0.39 is 12.0 Å². The predicted octanol–water partition coefficient (Wildman–Crippen LogP) is 0.0960. The first-order chi connectivity index (χ1) is 6.70. The highest BCUT2D eigenvalue weighted by atomic mass is 16.4. The summed E-state index contributed by atoms with van der Waals surface area (Å²) in [5, 5.41) is 11.5. The summed E-state index contributed by atoms with van der Waals surface area (Å²) < 4.78 is 0. The molecule has 2 aliphatic rings. The molecular formula is C9H8N2O3. The summed E-state index contributed by atoms with van der Waals surface area (Å²) in [5.74, 6) is -1.24. The van der Waals surface area contributed by atoms with Gasteiger partial charge in [-0.1, -0.05) is 6.08 Å². The van der Waals surface area contributed by atoms with Crippen molar-refractivity contribution < 1.29 is 14.7 Å². The summed E-state index contributed by atoms with van der Waals surface area (Å²) in [6, 6.07) is -0.796. The lowest BCUT2D eigenvalue weighted by atomic mass is 10.3. The summed E-state index contributed by atoms with van der Waals surface area (Å²) in [7, 11) is 0. The van der Waals surface area contributed by atoms with Crippen molar-refractivity contribution in [2.45, 2.75) is 6.04 Å². The number of carbonyl (C=O) groups is 2. The number of aliphatic carboxylic acids is 1. The standard InChI is InChI=1S/C9H8N2O3/c12-8-3-1-2-5-10-7(9(13)14)4-6-11(8)10/h1-7H,(H,13,14). The van der Waals surface area contributed by atoms with Crippen molar-refractivity contribution in [2.24, 2.45) is 0 Å². The molecule has 5 heteroatoms. The predicted molar refractivity (Wildman–Crippen MR) is 47.5 cm³/mol. The van der Waals surface area contributed by atoms with E-state index in [4.69, 9.17) is 5.11 Å². The molecule has 2 rings (SSSR count). The van der Waals surface area contributed by atoms with Crippen molar-refractivity contribution in [3.05, 3.63) is 36.7 Å². The van der Waals surface area contributed by atoms with Crippen molar-refractivity contribution in [1.82, 2.24) is 10.0 Å². The largest absolute Gasteiger partial charge is 0.479 e. The van der Waals surface area contributed by atoms with E-state index in [0.717, 1.165) is 0 Å². The topological polar surface area (TPSA) is 60.9 Å². The highest BCUT2D eigenvalue weighted by molar-refractivity contribution is 5.90. The Hall–Kier alpha value is -2.04. The Morgan fingerprint density at radius 3 is 2.86 bits per heavy atom. The Balaban J connectivity index is 2.31. The number of carboxylic acid groups (broad SMARTS) is 1. The number of rotatable bonds is 1. The Labute approximate surface area is 80.2 Å². The van der Waals surface area contributed by atoms with Gasteiger partial charge >= 0.3 is 5.97 Å². The van der Waals surface area contributed by atoms with Crippen molar-refractivity contribution in [3.63, 3.8) is 0 Å². The van der Waals surface area contributed by atoms with E-state index in [-0.39, 0.29) is 5.91 Å². The number of fused-ring (bicyclic) bond motifs is 1. The van der Waals surface area contributed by atoms with Crippen LogP contribution in [0, 0.1) is 0 Å². The average molecular weight is 192 g/mol. The van der Waals surface area contributed by atoms with Crippen LogP contribution in [0.1, 0.15) is 0 Å². The van der Waals surface area contributed by atoms with Gasteiger partial charge in [0.15, 0.2) is 6.04 Å². The molecule has 2 heterocycles. The zero-order chi connectivity index (χ0) is 10.1. The number of allylic oxidation sites excluding steroid dienone is 2. The van der Waals surface area contributed by atoms with Crippen LogP contribution < -0.4 is 0 Å². The molecule has 0 aromatic rings. The minimum atomic E-state index is -0.983. The molecule has 5 nitrogen and oxygen atoms in total. The van der Waals surface area contributed by atoms with Gasteiger partial charge in [-0.05, 0) is 12.2 Å². The molecule has 72 valence electrons. The minimum absolute atomic E-state index is 0.255. The molecule has 2 aliphatic heterocycles. The van der Waals surface area contributed by atoms with E-state index in [0.29, 0.717) is 0 Å². The maximum atomic E-state index is 11.4. The van der Waals surface area contributed by atoms with Gasteiger partial charge in [-0.2, -0.15) is 0 Å². The third-order valence-corrected chi connectivity index (χ3v) is 2.01. The zero-order valence-electron chi connectivity index (χ0n) is 7.20. The molecule has 0 fully saturated rings. The zero-order valence-corrected chi connectivity index (χ0v) is 7.20. The van der Waals surface area contributed by atoms with Gasteiger partial charge in [0.2, 0.25) is 0 Å². The lowest BCUT2D eigenvalue weighted by Gasteiger charge is -2.27. The summed E-state index contributed by atoms with van der Waals surface area (Å²) in [6.45, 7) is 0. The Bertz CT molecular complexity index is 370. The molecule has 1 atom stereocenters. The Morgan fingerprint density at radius 2 is 2.14 bits per heavy atom. The van der Waals surface area contributed by atoms with Crippen LogP contribution in [0.5, 0.6) is 0 Å². The van der Waals surface area contributed by atoms with Gasteiger partial charge in [0.25, 0.3) is 5.91 Å². The minimum Gasteiger partial charge on any atom is -0.479 e. The first-order valence-electron chi connectivity index (χ1n) is 4.07. The number of carbonyl (C=O) groups excluding carboxylic acids is 1. The highest BCUT2D eigenvalue weighted by Gasteiger charge is 2.32. The fourth-order valence-electron chi connectivity index (χ4n) is 1.36. The van der Waals surface area contributed by atoms with Crippen molar-refractivity contribution in [1.29, 1.82) is 0 Å². The van der Waals surface area contributed by atoms with E-state index in [1.54, 1.807) is 18.4 Å². The van der Waals surface area contributed by atoms with Crippen LogP contribution in [0.25, 0.3) is 0 Å². The fourth-order valence-corrected chi connectivity index (χ4v) is 1.36. The lowest BCUT2D eigenvalue weighted by molar-refractivity contribution is -0.146. The maximum Gasteiger partial charge on any atom is 0.332 e. The van der Waals surface area contributed by atoms with Crippen molar-refractivity contribution >= 4 is 11.9 Å². The fraction of sp³-hybridized carbons (Fsp3) is 0.111. The molecule has 1 amide bonds. The molecule has 0 aromatic carbocycles. The monoisotopic (exact) mass is 192 g/mol. The van der Waals surface area contributed by atoms with Gasteiger partial charge in [0, 0.05) is 18.5 Å². The van der Waals surface area contributed by atoms with Crippen LogP contribution in [0.2, 0.25) is 0 Å². The normalized spacial score (nSPS) is 24.0. The number of hydrogen-bond acceptors (Lipinski definition) is 3. The molecule has 0 spiro atoms. The number of carboxylic acids is 1. The first kappa shape index (κ1) is 8.55. The summed E-state index contributed by atoms with van der Waals surface area (Å²) >= 11 is 0. The Kier molecular flexibility index (Phi) is 1.85. The van der Waals surface area contributed by atoms with Crippen LogP contribution >= 0.6 is 0 Å². The van der Waals surface area contributed by atoms with E-state index in [1.807, 2.05) is 0 Å². The molecule has 1 unspecified atom stereocenters. The smallest absolute Gasteiger partial charge is 0.332 e. The van der Waals surface area contributed by atoms with Crippen LogP contribution in [-0.2, 0) is 9.59 Å². The highest BCUT2D eigenvalue weighted by Crippen LogP contribution is 2.18. The van der Waals surface area contributed by atoms with Gasteiger partial charge in [0.05, 0.1) is 0 Å². The van der Waals surface area contributed by atoms with Crippen molar-refractivity contribution in [3.8, 4) is 0 Å². The third-order valence-electron chi connectivity index (χ3n) is 2.01. The molecular weight excluding hydrogens is 184 g/mol. The SMILES string of the molecule is O=C(O)C1C=CN2C(=O)C=CC=CN12. The second-order valence-electron chi connectivity index (χ2n) is 2.89. The molecule has 0 saturated heterocycles. The summed E-state index contributed by atoms with van der Waals surface area (Å²) in [6.07, 6.45) is 9.06. The summed E-state index contributed by atoms with van der Waals surface area (Å²) in [4.78, 5) is 22.2. The number of hydrogen-bond donors (Lipinski definition) is 1. The second kappa shape index (κ2) is 3.02. The average Bonchev–Trinajstić information content (AvgIpc) is 2.48. The summed E-state index contributed by atoms with van der Waals surface area (Å²) in [5.41, 5.74) is 0. The van der Waals surface area contributed by atoms with Gasteiger partial charge in [-0.15, -0.1) is 0 Å². The molecule has 0 aromatic heterocycles. The van der Waals surface area contributed by atoms with E-state index in [1.165, 1.54) is 28.4 Å².